The number of benzene rings is 1. The van der Waals surface area contributed by atoms with E-state index in [1.54, 1.807) is 6.20 Å². The Balaban J connectivity index is 1.54. The molecule has 0 spiro atoms. The van der Waals surface area contributed by atoms with Gasteiger partial charge in [0.15, 0.2) is 5.65 Å². The van der Waals surface area contributed by atoms with Gasteiger partial charge in [0, 0.05) is 17.3 Å². The predicted molar refractivity (Wildman–Crippen MR) is 116 cm³/mol. The van der Waals surface area contributed by atoms with Gasteiger partial charge in [-0.2, -0.15) is 5.10 Å². The minimum Gasteiger partial charge on any atom is -0.374 e. The van der Waals surface area contributed by atoms with Crippen molar-refractivity contribution in [3.05, 3.63) is 53.9 Å². The number of hydrogen-bond donors (Lipinski definition) is 2. The molecule has 1 saturated carbocycles. The van der Waals surface area contributed by atoms with Crippen LogP contribution < -0.4 is 5.32 Å². The lowest BCUT2D eigenvalue weighted by molar-refractivity contribution is 0.0940. The highest BCUT2D eigenvalue weighted by molar-refractivity contribution is 5.63. The topological polar surface area (TPSA) is 62.5 Å². The van der Waals surface area contributed by atoms with Crippen LogP contribution >= 0.6 is 0 Å². The third-order valence-electron chi connectivity index (χ3n) is 6.39. The summed E-state index contributed by atoms with van der Waals surface area (Å²) in [7, 11) is 0. The van der Waals surface area contributed by atoms with Crippen molar-refractivity contribution in [3.63, 3.8) is 0 Å². The lowest BCUT2D eigenvalue weighted by Crippen LogP contribution is -2.38. The molecule has 2 heterocycles. The normalized spacial score (nSPS) is 21.4. The van der Waals surface area contributed by atoms with Gasteiger partial charge in [-0.15, -0.1) is 0 Å². The second-order valence-corrected chi connectivity index (χ2v) is 9.47. The first kappa shape index (κ1) is 20.0. The highest BCUT2D eigenvalue weighted by Crippen LogP contribution is 2.38. The second-order valence-electron chi connectivity index (χ2n) is 9.47. The van der Waals surface area contributed by atoms with E-state index in [9.17, 15) is 5.11 Å². The molecular weight excluding hydrogens is 360 g/mol. The molecule has 5 heteroatoms. The van der Waals surface area contributed by atoms with Crippen LogP contribution in [-0.4, -0.2) is 25.7 Å². The summed E-state index contributed by atoms with van der Waals surface area (Å²) in [6.07, 6.45) is 5.58. The van der Waals surface area contributed by atoms with E-state index in [0.29, 0.717) is 17.1 Å². The van der Waals surface area contributed by atoms with E-state index in [2.05, 4.69) is 43.3 Å². The molecule has 1 unspecified atom stereocenters. The Morgan fingerprint density at radius 3 is 2.45 bits per heavy atom. The van der Waals surface area contributed by atoms with Crippen LogP contribution in [0.1, 0.15) is 63.9 Å². The van der Waals surface area contributed by atoms with Gasteiger partial charge in [-0.3, -0.25) is 5.32 Å². The number of hydrogen-bond acceptors (Lipinski definition) is 4. The van der Waals surface area contributed by atoms with E-state index < -0.39 is 6.23 Å². The van der Waals surface area contributed by atoms with Gasteiger partial charge in [0.05, 0.1) is 17.5 Å². The molecule has 1 aromatic carbocycles. The summed E-state index contributed by atoms with van der Waals surface area (Å²) in [6.45, 7) is 9.01. The highest BCUT2D eigenvalue weighted by Gasteiger charge is 2.30. The van der Waals surface area contributed by atoms with Gasteiger partial charge in [-0.1, -0.05) is 51.1 Å². The van der Waals surface area contributed by atoms with Crippen molar-refractivity contribution in [1.29, 1.82) is 0 Å². The van der Waals surface area contributed by atoms with Crippen molar-refractivity contribution >= 4 is 5.65 Å². The molecule has 1 aliphatic carbocycles. The molecule has 0 amide bonds. The Morgan fingerprint density at radius 2 is 1.79 bits per heavy atom. The predicted octanol–water partition coefficient (Wildman–Crippen LogP) is 4.89. The van der Waals surface area contributed by atoms with Gasteiger partial charge >= 0.3 is 0 Å². The minimum absolute atomic E-state index is 0.331. The number of nitrogens with zero attached hydrogens (tertiary/aromatic N) is 3. The molecule has 4 rings (SSSR count). The molecule has 3 aromatic rings. The Hall–Kier alpha value is -2.24. The Labute approximate surface area is 173 Å². The molecule has 0 saturated heterocycles. The fourth-order valence-electron chi connectivity index (χ4n) is 4.52. The summed E-state index contributed by atoms with van der Waals surface area (Å²) in [4.78, 5) is 4.83. The second kappa shape index (κ2) is 7.88. The minimum atomic E-state index is -0.762. The van der Waals surface area contributed by atoms with Crippen molar-refractivity contribution in [2.45, 2.75) is 65.6 Å². The molecular formula is C24H32N4O. The van der Waals surface area contributed by atoms with Crippen molar-refractivity contribution in [1.82, 2.24) is 19.9 Å². The summed E-state index contributed by atoms with van der Waals surface area (Å²) < 4.78 is 1.81. The molecule has 1 aliphatic rings. The fraction of sp³-hybridized carbons (Fsp3) is 0.500. The Bertz CT molecular complexity index is 966. The number of rotatable bonds is 4. The standard InChI is InChI=1S/C24H32N4O/c1-16-14-21(17-8-6-5-7-9-17)27-22-20(15-25-28(16)22)23(29)26-19-12-10-18(11-13-19)24(2,3)4/h5-9,14-15,18-19,23,26,29H,10-13H2,1-4H3. The van der Waals surface area contributed by atoms with Crippen LogP contribution in [0.3, 0.4) is 0 Å². The van der Waals surface area contributed by atoms with Gasteiger partial charge in [-0.05, 0) is 50.0 Å². The molecule has 29 heavy (non-hydrogen) atoms. The molecule has 154 valence electrons. The van der Waals surface area contributed by atoms with E-state index in [4.69, 9.17) is 4.98 Å². The van der Waals surface area contributed by atoms with Crippen molar-refractivity contribution in [2.75, 3.05) is 0 Å². The van der Waals surface area contributed by atoms with E-state index in [0.717, 1.165) is 41.3 Å². The zero-order valence-corrected chi connectivity index (χ0v) is 17.9. The van der Waals surface area contributed by atoms with Crippen LogP contribution in [0.25, 0.3) is 16.9 Å². The van der Waals surface area contributed by atoms with E-state index in [1.807, 2.05) is 35.7 Å². The van der Waals surface area contributed by atoms with Crippen LogP contribution in [0.15, 0.2) is 42.6 Å². The van der Waals surface area contributed by atoms with Crippen LogP contribution in [0.2, 0.25) is 0 Å². The SMILES string of the molecule is Cc1cc(-c2ccccc2)nc2c(C(O)NC3CCC(C(C)(C)C)CC3)cnn12. The van der Waals surface area contributed by atoms with Crippen LogP contribution in [-0.2, 0) is 0 Å². The Morgan fingerprint density at radius 1 is 1.10 bits per heavy atom. The van der Waals surface area contributed by atoms with Gasteiger partial charge in [0.2, 0.25) is 0 Å². The summed E-state index contributed by atoms with van der Waals surface area (Å²) in [5, 5.41) is 18.8. The van der Waals surface area contributed by atoms with Gasteiger partial charge < -0.3 is 5.11 Å². The number of aryl methyl sites for hydroxylation is 1. The molecule has 2 aromatic heterocycles. The summed E-state index contributed by atoms with van der Waals surface area (Å²) >= 11 is 0. The molecule has 5 nitrogen and oxygen atoms in total. The van der Waals surface area contributed by atoms with Crippen LogP contribution in [0.5, 0.6) is 0 Å². The zero-order valence-electron chi connectivity index (χ0n) is 17.9. The number of aliphatic hydroxyl groups is 1. The Kier molecular flexibility index (Phi) is 5.45. The van der Waals surface area contributed by atoms with E-state index in [1.165, 1.54) is 12.8 Å². The van der Waals surface area contributed by atoms with Crippen molar-refractivity contribution in [3.8, 4) is 11.3 Å². The lowest BCUT2D eigenvalue weighted by atomic mass is 9.71. The lowest BCUT2D eigenvalue weighted by Gasteiger charge is -2.37. The maximum Gasteiger partial charge on any atom is 0.163 e. The average Bonchev–Trinajstić information content (AvgIpc) is 3.13. The molecule has 0 bridgehead atoms. The summed E-state index contributed by atoms with van der Waals surface area (Å²) in [5.74, 6) is 0.757. The number of aromatic nitrogens is 3. The van der Waals surface area contributed by atoms with Gasteiger partial charge in [-0.25, -0.2) is 9.50 Å². The molecule has 1 atom stereocenters. The quantitative estimate of drug-likeness (QED) is 0.621. The zero-order chi connectivity index (χ0) is 20.6. The smallest absolute Gasteiger partial charge is 0.163 e. The van der Waals surface area contributed by atoms with Crippen LogP contribution in [0, 0.1) is 18.3 Å². The maximum atomic E-state index is 10.9. The fourth-order valence-corrected chi connectivity index (χ4v) is 4.52. The summed E-state index contributed by atoms with van der Waals surface area (Å²) in [6, 6.07) is 12.5. The first-order chi connectivity index (χ1) is 13.8. The third kappa shape index (κ3) is 4.21. The van der Waals surface area contributed by atoms with Crippen molar-refractivity contribution < 1.29 is 5.11 Å². The van der Waals surface area contributed by atoms with Gasteiger partial charge in [0.25, 0.3) is 0 Å². The third-order valence-corrected chi connectivity index (χ3v) is 6.39. The first-order valence-corrected chi connectivity index (χ1v) is 10.7. The average molecular weight is 393 g/mol. The number of aliphatic hydroxyl groups excluding tert-OH is 1. The van der Waals surface area contributed by atoms with E-state index in [-0.39, 0.29) is 0 Å². The molecule has 0 radical (unpaired) electrons. The van der Waals surface area contributed by atoms with Crippen molar-refractivity contribution in [2.24, 2.45) is 11.3 Å². The van der Waals surface area contributed by atoms with Crippen LogP contribution in [0.4, 0.5) is 0 Å². The monoisotopic (exact) mass is 392 g/mol. The first-order valence-electron chi connectivity index (χ1n) is 10.7. The summed E-state index contributed by atoms with van der Waals surface area (Å²) in [5.41, 5.74) is 4.78. The highest BCUT2D eigenvalue weighted by atomic mass is 16.3. The van der Waals surface area contributed by atoms with E-state index >= 15 is 0 Å². The molecule has 2 N–H and O–H groups in total. The maximum absolute atomic E-state index is 10.9. The number of fused-ring (bicyclic) bond motifs is 1. The van der Waals surface area contributed by atoms with Gasteiger partial charge in [0.1, 0.15) is 6.23 Å². The molecule has 0 aliphatic heterocycles. The number of nitrogens with one attached hydrogen (secondary N) is 1. The largest absolute Gasteiger partial charge is 0.374 e. The molecule has 1 fully saturated rings.